The molecule has 0 radical (unpaired) electrons. The quantitative estimate of drug-likeness (QED) is 0.680. The highest BCUT2D eigenvalue weighted by atomic mass is 19.1. The van der Waals surface area contributed by atoms with E-state index in [0.29, 0.717) is 5.69 Å². The highest BCUT2D eigenvalue weighted by molar-refractivity contribution is 5.94. The molecular formula is C18H16FNO3. The van der Waals surface area contributed by atoms with E-state index < -0.39 is 24.3 Å². The van der Waals surface area contributed by atoms with Gasteiger partial charge in [-0.05, 0) is 42.8 Å². The SMILES string of the molecule is Cc1ccc(/C=C/C(=O)OCC(=O)Nc2ccc(F)cc2)cc1. The van der Waals surface area contributed by atoms with E-state index in [9.17, 15) is 14.0 Å². The lowest BCUT2D eigenvalue weighted by Gasteiger charge is -2.05. The van der Waals surface area contributed by atoms with Crippen LogP contribution in [0.5, 0.6) is 0 Å². The molecule has 118 valence electrons. The minimum atomic E-state index is -0.611. The van der Waals surface area contributed by atoms with Crippen molar-refractivity contribution < 1.29 is 18.7 Å². The number of esters is 1. The maximum absolute atomic E-state index is 12.7. The number of nitrogens with one attached hydrogen (secondary N) is 1. The Kier molecular flexibility index (Phi) is 5.63. The summed E-state index contributed by atoms with van der Waals surface area (Å²) in [5.74, 6) is -1.50. The fourth-order valence-electron chi connectivity index (χ4n) is 1.76. The summed E-state index contributed by atoms with van der Waals surface area (Å²) in [7, 11) is 0. The van der Waals surface area contributed by atoms with Crippen LogP contribution in [-0.4, -0.2) is 18.5 Å². The number of hydrogen-bond donors (Lipinski definition) is 1. The van der Waals surface area contributed by atoms with Crippen molar-refractivity contribution >= 4 is 23.6 Å². The third-order valence-corrected chi connectivity index (χ3v) is 2.96. The first-order chi connectivity index (χ1) is 11.0. The lowest BCUT2D eigenvalue weighted by molar-refractivity contribution is -0.142. The third kappa shape index (κ3) is 5.74. The summed E-state index contributed by atoms with van der Waals surface area (Å²) in [6, 6.07) is 12.9. The molecule has 1 N–H and O–H groups in total. The topological polar surface area (TPSA) is 55.4 Å². The van der Waals surface area contributed by atoms with Crippen molar-refractivity contribution in [2.75, 3.05) is 11.9 Å². The van der Waals surface area contributed by atoms with E-state index in [4.69, 9.17) is 4.74 Å². The largest absolute Gasteiger partial charge is 0.452 e. The summed E-state index contributed by atoms with van der Waals surface area (Å²) >= 11 is 0. The predicted molar refractivity (Wildman–Crippen MR) is 86.2 cm³/mol. The number of aryl methyl sites for hydroxylation is 1. The number of halogens is 1. The summed E-state index contributed by atoms with van der Waals surface area (Å²) in [6.07, 6.45) is 2.87. The van der Waals surface area contributed by atoms with Gasteiger partial charge >= 0.3 is 5.97 Å². The molecule has 0 unspecified atom stereocenters. The Labute approximate surface area is 133 Å². The Morgan fingerprint density at radius 1 is 1.09 bits per heavy atom. The molecule has 1 amide bonds. The fourth-order valence-corrected chi connectivity index (χ4v) is 1.76. The highest BCUT2D eigenvalue weighted by Gasteiger charge is 2.05. The second kappa shape index (κ2) is 7.89. The highest BCUT2D eigenvalue weighted by Crippen LogP contribution is 2.08. The van der Waals surface area contributed by atoms with Crippen LogP contribution in [0.15, 0.2) is 54.6 Å². The van der Waals surface area contributed by atoms with Gasteiger partial charge in [0.1, 0.15) is 5.82 Å². The molecule has 2 rings (SSSR count). The molecule has 4 nitrogen and oxygen atoms in total. The molecule has 0 fully saturated rings. The normalized spacial score (nSPS) is 10.5. The van der Waals surface area contributed by atoms with Crippen molar-refractivity contribution in [2.24, 2.45) is 0 Å². The second-order valence-corrected chi connectivity index (χ2v) is 4.91. The zero-order valence-corrected chi connectivity index (χ0v) is 12.6. The monoisotopic (exact) mass is 313 g/mol. The summed E-state index contributed by atoms with van der Waals surface area (Å²) < 4.78 is 17.6. The molecule has 2 aromatic rings. The summed E-state index contributed by atoms with van der Waals surface area (Å²) in [6.45, 7) is 1.57. The van der Waals surface area contributed by atoms with Crippen LogP contribution in [0.2, 0.25) is 0 Å². The third-order valence-electron chi connectivity index (χ3n) is 2.96. The number of carbonyl (C=O) groups excluding carboxylic acids is 2. The van der Waals surface area contributed by atoms with Gasteiger partial charge in [0.25, 0.3) is 5.91 Å². The molecule has 0 aliphatic heterocycles. The molecule has 0 saturated carbocycles. The number of rotatable bonds is 5. The number of ether oxygens (including phenoxy) is 1. The van der Waals surface area contributed by atoms with E-state index in [2.05, 4.69) is 5.32 Å². The molecule has 0 saturated heterocycles. The van der Waals surface area contributed by atoms with Crippen molar-refractivity contribution in [2.45, 2.75) is 6.92 Å². The summed E-state index contributed by atoms with van der Waals surface area (Å²) in [4.78, 5) is 23.2. The number of hydrogen-bond acceptors (Lipinski definition) is 3. The first kappa shape index (κ1) is 16.4. The Morgan fingerprint density at radius 2 is 1.74 bits per heavy atom. The molecular weight excluding hydrogens is 297 g/mol. The van der Waals surface area contributed by atoms with E-state index in [-0.39, 0.29) is 0 Å². The van der Waals surface area contributed by atoms with E-state index in [1.165, 1.54) is 30.3 Å². The van der Waals surface area contributed by atoms with Gasteiger partial charge < -0.3 is 10.1 Å². The molecule has 5 heteroatoms. The zero-order chi connectivity index (χ0) is 16.7. The number of benzene rings is 2. The summed E-state index contributed by atoms with van der Waals surface area (Å²) in [5.41, 5.74) is 2.42. The standard InChI is InChI=1S/C18H16FNO3/c1-13-2-4-14(5-3-13)6-11-18(22)23-12-17(21)20-16-9-7-15(19)8-10-16/h2-11H,12H2,1H3,(H,20,21)/b11-6+. The maximum atomic E-state index is 12.7. The molecule has 23 heavy (non-hydrogen) atoms. The van der Waals surface area contributed by atoms with Gasteiger partial charge in [0.05, 0.1) is 0 Å². The van der Waals surface area contributed by atoms with Gasteiger partial charge in [0.15, 0.2) is 6.61 Å². The first-order valence-electron chi connectivity index (χ1n) is 7.00. The van der Waals surface area contributed by atoms with Gasteiger partial charge in [-0.3, -0.25) is 4.79 Å². The Balaban J connectivity index is 1.78. The minimum absolute atomic E-state index is 0.393. The predicted octanol–water partition coefficient (Wildman–Crippen LogP) is 3.33. The second-order valence-electron chi connectivity index (χ2n) is 4.91. The Morgan fingerprint density at radius 3 is 2.39 bits per heavy atom. The number of amides is 1. The number of carbonyl (C=O) groups is 2. The van der Waals surface area contributed by atoms with E-state index in [1.807, 2.05) is 31.2 Å². The molecule has 0 aromatic heterocycles. The molecule has 2 aromatic carbocycles. The smallest absolute Gasteiger partial charge is 0.331 e. The molecule has 0 spiro atoms. The van der Waals surface area contributed by atoms with Crippen LogP contribution in [0.25, 0.3) is 6.08 Å². The maximum Gasteiger partial charge on any atom is 0.331 e. The fraction of sp³-hybridized carbons (Fsp3) is 0.111. The van der Waals surface area contributed by atoms with Crippen LogP contribution in [0.3, 0.4) is 0 Å². The van der Waals surface area contributed by atoms with Gasteiger partial charge in [0, 0.05) is 11.8 Å². The van der Waals surface area contributed by atoms with Gasteiger partial charge in [-0.1, -0.05) is 29.8 Å². The van der Waals surface area contributed by atoms with Crippen LogP contribution < -0.4 is 5.32 Å². The lowest BCUT2D eigenvalue weighted by Crippen LogP contribution is -2.20. The van der Waals surface area contributed by atoms with Crippen molar-refractivity contribution in [1.82, 2.24) is 0 Å². The van der Waals surface area contributed by atoms with Crippen molar-refractivity contribution in [3.05, 3.63) is 71.6 Å². The zero-order valence-electron chi connectivity index (χ0n) is 12.6. The van der Waals surface area contributed by atoms with Crippen molar-refractivity contribution in [3.8, 4) is 0 Å². The number of anilines is 1. The molecule has 0 aliphatic rings. The summed E-state index contributed by atoms with van der Waals surface area (Å²) in [5, 5.41) is 2.50. The van der Waals surface area contributed by atoms with Crippen molar-refractivity contribution in [3.63, 3.8) is 0 Å². The Hall–Kier alpha value is -2.95. The van der Waals surface area contributed by atoms with Gasteiger partial charge in [-0.2, -0.15) is 0 Å². The van der Waals surface area contributed by atoms with Crippen LogP contribution in [0.1, 0.15) is 11.1 Å². The molecule has 0 bridgehead atoms. The van der Waals surface area contributed by atoms with Crippen molar-refractivity contribution in [1.29, 1.82) is 0 Å². The lowest BCUT2D eigenvalue weighted by atomic mass is 10.1. The Bertz CT molecular complexity index is 706. The average molecular weight is 313 g/mol. The first-order valence-corrected chi connectivity index (χ1v) is 7.00. The van der Waals surface area contributed by atoms with Gasteiger partial charge in [-0.15, -0.1) is 0 Å². The minimum Gasteiger partial charge on any atom is -0.452 e. The van der Waals surface area contributed by atoms with E-state index in [1.54, 1.807) is 6.08 Å². The van der Waals surface area contributed by atoms with E-state index in [0.717, 1.165) is 11.1 Å². The van der Waals surface area contributed by atoms with Crippen LogP contribution in [0, 0.1) is 12.7 Å². The van der Waals surface area contributed by atoms with Crippen LogP contribution in [0.4, 0.5) is 10.1 Å². The van der Waals surface area contributed by atoms with E-state index >= 15 is 0 Å². The molecule has 0 aliphatic carbocycles. The van der Waals surface area contributed by atoms with Gasteiger partial charge in [-0.25, -0.2) is 9.18 Å². The van der Waals surface area contributed by atoms with Crippen LogP contribution >= 0.6 is 0 Å². The van der Waals surface area contributed by atoms with Crippen LogP contribution in [-0.2, 0) is 14.3 Å². The molecule has 0 atom stereocenters. The van der Waals surface area contributed by atoms with Gasteiger partial charge in [0.2, 0.25) is 0 Å². The average Bonchev–Trinajstić information content (AvgIpc) is 2.54. The molecule has 0 heterocycles.